The summed E-state index contributed by atoms with van der Waals surface area (Å²) in [5.74, 6) is 0.122. The molecule has 0 fully saturated rings. The van der Waals surface area contributed by atoms with Gasteiger partial charge in [-0.25, -0.2) is 4.39 Å². The Morgan fingerprint density at radius 1 is 1.11 bits per heavy atom. The van der Waals surface area contributed by atoms with Crippen molar-refractivity contribution in [3.05, 3.63) is 63.9 Å². The first-order valence-corrected chi connectivity index (χ1v) is 6.25. The van der Waals surface area contributed by atoms with Crippen molar-refractivity contribution in [3.8, 4) is 5.75 Å². The summed E-state index contributed by atoms with van der Waals surface area (Å²) in [7, 11) is 0. The van der Waals surface area contributed by atoms with Crippen LogP contribution in [0.1, 0.15) is 11.1 Å². The Labute approximate surface area is 113 Å². The first-order chi connectivity index (χ1) is 8.69. The molecule has 0 heterocycles. The van der Waals surface area contributed by atoms with Gasteiger partial charge in [-0.05, 0) is 35.9 Å². The Kier molecular flexibility index (Phi) is 4.33. The van der Waals surface area contributed by atoms with E-state index < -0.39 is 0 Å². The average Bonchev–Trinajstić information content (AvgIpc) is 2.39. The van der Waals surface area contributed by atoms with Gasteiger partial charge in [0.25, 0.3) is 0 Å². The smallest absolute Gasteiger partial charge is 0.125 e. The molecule has 0 radical (unpaired) electrons. The van der Waals surface area contributed by atoms with E-state index in [-0.39, 0.29) is 12.4 Å². The lowest BCUT2D eigenvalue weighted by Crippen LogP contribution is -1.99. The Morgan fingerprint density at radius 3 is 2.50 bits per heavy atom. The summed E-state index contributed by atoms with van der Waals surface area (Å²) in [6.07, 6.45) is 0. The van der Waals surface area contributed by atoms with Gasteiger partial charge >= 0.3 is 0 Å². The topological polar surface area (TPSA) is 29.5 Å². The van der Waals surface area contributed by atoms with E-state index in [1.807, 2.05) is 24.3 Å². The van der Waals surface area contributed by atoms with Crippen molar-refractivity contribution >= 4 is 15.9 Å². The lowest BCUT2D eigenvalue weighted by Gasteiger charge is -2.10. The molecule has 0 aliphatic carbocycles. The van der Waals surface area contributed by atoms with Gasteiger partial charge in [0.05, 0.1) is 6.61 Å². The van der Waals surface area contributed by atoms with Crippen molar-refractivity contribution in [1.82, 2.24) is 0 Å². The third-order valence-corrected chi connectivity index (χ3v) is 3.03. The summed E-state index contributed by atoms with van der Waals surface area (Å²) in [5.41, 5.74) is 1.46. The first-order valence-electron chi connectivity index (χ1n) is 5.45. The number of ether oxygens (including phenoxy) is 1. The van der Waals surface area contributed by atoms with Crippen molar-refractivity contribution < 1.29 is 14.2 Å². The molecule has 0 saturated heterocycles. The summed E-state index contributed by atoms with van der Waals surface area (Å²) >= 11 is 3.36. The minimum absolute atomic E-state index is 0.243. The van der Waals surface area contributed by atoms with Crippen LogP contribution in [0.3, 0.4) is 0 Å². The second kappa shape index (κ2) is 5.98. The minimum Gasteiger partial charge on any atom is -0.489 e. The van der Waals surface area contributed by atoms with E-state index in [9.17, 15) is 4.39 Å². The third-order valence-electron chi connectivity index (χ3n) is 2.50. The molecular weight excluding hydrogens is 299 g/mol. The number of aliphatic hydroxyl groups excluding tert-OH is 1. The highest BCUT2D eigenvalue weighted by atomic mass is 79.9. The zero-order valence-electron chi connectivity index (χ0n) is 9.57. The molecule has 0 aliphatic heterocycles. The van der Waals surface area contributed by atoms with Crippen LogP contribution in [0.5, 0.6) is 5.75 Å². The number of aliphatic hydroxyl groups is 1. The van der Waals surface area contributed by atoms with Gasteiger partial charge in [0.15, 0.2) is 0 Å². The third kappa shape index (κ3) is 3.31. The quantitative estimate of drug-likeness (QED) is 0.934. The lowest BCUT2D eigenvalue weighted by molar-refractivity contribution is 0.258. The average molecular weight is 311 g/mol. The Hall–Kier alpha value is -1.39. The van der Waals surface area contributed by atoms with Gasteiger partial charge in [0.2, 0.25) is 0 Å². The minimum atomic E-state index is -0.380. The predicted octanol–water partition coefficient (Wildman–Crippen LogP) is 3.66. The van der Waals surface area contributed by atoms with E-state index in [1.54, 1.807) is 0 Å². The number of hydrogen-bond donors (Lipinski definition) is 1. The Bertz CT molecular complexity index is 526. The van der Waals surface area contributed by atoms with E-state index in [0.717, 1.165) is 10.0 Å². The van der Waals surface area contributed by atoms with Crippen LogP contribution in [0.15, 0.2) is 46.9 Å². The molecule has 4 heteroatoms. The van der Waals surface area contributed by atoms with E-state index in [0.29, 0.717) is 17.9 Å². The maximum Gasteiger partial charge on any atom is 0.125 e. The number of hydrogen-bond acceptors (Lipinski definition) is 2. The number of rotatable bonds is 4. The van der Waals surface area contributed by atoms with Crippen molar-refractivity contribution in [2.45, 2.75) is 13.2 Å². The molecule has 0 aromatic heterocycles. The number of halogens is 2. The van der Waals surface area contributed by atoms with Crippen LogP contribution < -0.4 is 4.74 Å². The molecule has 0 atom stereocenters. The summed E-state index contributed by atoms with van der Waals surface area (Å²) in [6, 6.07) is 11.8. The summed E-state index contributed by atoms with van der Waals surface area (Å²) in [5, 5.41) is 9.12. The first kappa shape index (κ1) is 13.1. The van der Waals surface area contributed by atoms with Crippen LogP contribution in [0.2, 0.25) is 0 Å². The summed E-state index contributed by atoms with van der Waals surface area (Å²) < 4.78 is 19.5. The molecular formula is C14H12BrFO2. The SMILES string of the molecule is OCc1cc(F)ccc1OCc1ccc(Br)cc1. The predicted molar refractivity (Wildman–Crippen MR) is 70.8 cm³/mol. The molecule has 0 aliphatic rings. The fraction of sp³-hybridized carbons (Fsp3) is 0.143. The van der Waals surface area contributed by atoms with Crippen molar-refractivity contribution in [2.75, 3.05) is 0 Å². The monoisotopic (exact) mass is 310 g/mol. The molecule has 2 aromatic carbocycles. The second-order valence-electron chi connectivity index (χ2n) is 3.83. The zero-order chi connectivity index (χ0) is 13.0. The van der Waals surface area contributed by atoms with Gasteiger partial charge in [-0.2, -0.15) is 0 Å². The molecule has 2 rings (SSSR count). The molecule has 1 N–H and O–H groups in total. The molecule has 94 valence electrons. The van der Waals surface area contributed by atoms with Gasteiger partial charge in [0, 0.05) is 10.0 Å². The highest BCUT2D eigenvalue weighted by molar-refractivity contribution is 9.10. The highest BCUT2D eigenvalue weighted by Gasteiger charge is 2.04. The second-order valence-corrected chi connectivity index (χ2v) is 4.74. The fourth-order valence-corrected chi connectivity index (χ4v) is 1.82. The maximum atomic E-state index is 13.0. The molecule has 2 nitrogen and oxygen atoms in total. The van der Waals surface area contributed by atoms with Crippen LogP contribution >= 0.6 is 15.9 Å². The largest absolute Gasteiger partial charge is 0.489 e. The lowest BCUT2D eigenvalue weighted by atomic mass is 10.2. The Morgan fingerprint density at radius 2 is 1.83 bits per heavy atom. The molecule has 0 amide bonds. The summed E-state index contributed by atoms with van der Waals surface area (Å²) in [6.45, 7) is 0.138. The molecule has 18 heavy (non-hydrogen) atoms. The van der Waals surface area contributed by atoms with Crippen LogP contribution in [0.4, 0.5) is 4.39 Å². The van der Waals surface area contributed by atoms with Crippen molar-refractivity contribution in [2.24, 2.45) is 0 Å². The van der Waals surface area contributed by atoms with Gasteiger partial charge in [-0.15, -0.1) is 0 Å². The van der Waals surface area contributed by atoms with Gasteiger partial charge < -0.3 is 9.84 Å². The standard InChI is InChI=1S/C14H12BrFO2/c15-12-3-1-10(2-4-12)9-18-14-6-5-13(16)7-11(14)8-17/h1-7,17H,8-9H2. The normalized spacial score (nSPS) is 10.4. The van der Waals surface area contributed by atoms with Crippen molar-refractivity contribution in [1.29, 1.82) is 0 Å². The highest BCUT2D eigenvalue weighted by Crippen LogP contribution is 2.21. The van der Waals surface area contributed by atoms with Crippen molar-refractivity contribution in [3.63, 3.8) is 0 Å². The van der Waals surface area contributed by atoms with E-state index in [4.69, 9.17) is 9.84 Å². The molecule has 0 bridgehead atoms. The number of benzene rings is 2. The zero-order valence-corrected chi connectivity index (χ0v) is 11.2. The van der Waals surface area contributed by atoms with Crippen LogP contribution in [-0.2, 0) is 13.2 Å². The Balaban J connectivity index is 2.08. The van der Waals surface area contributed by atoms with Crippen LogP contribution in [-0.4, -0.2) is 5.11 Å². The van der Waals surface area contributed by atoms with Gasteiger partial charge in [-0.3, -0.25) is 0 Å². The van der Waals surface area contributed by atoms with E-state index in [1.165, 1.54) is 18.2 Å². The van der Waals surface area contributed by atoms with E-state index in [2.05, 4.69) is 15.9 Å². The maximum absolute atomic E-state index is 13.0. The molecule has 0 saturated carbocycles. The van der Waals surface area contributed by atoms with Crippen LogP contribution in [0, 0.1) is 5.82 Å². The fourth-order valence-electron chi connectivity index (χ4n) is 1.55. The van der Waals surface area contributed by atoms with E-state index >= 15 is 0 Å². The molecule has 2 aromatic rings. The molecule has 0 spiro atoms. The van der Waals surface area contributed by atoms with Crippen LogP contribution in [0.25, 0.3) is 0 Å². The molecule has 0 unspecified atom stereocenters. The summed E-state index contributed by atoms with van der Waals surface area (Å²) in [4.78, 5) is 0. The van der Waals surface area contributed by atoms with Gasteiger partial charge in [0.1, 0.15) is 18.2 Å². The van der Waals surface area contributed by atoms with Gasteiger partial charge in [-0.1, -0.05) is 28.1 Å².